The predicted molar refractivity (Wildman–Crippen MR) is 79.8 cm³/mol. The van der Waals surface area contributed by atoms with Gasteiger partial charge in [0, 0.05) is 12.7 Å². The zero-order valence-electron chi connectivity index (χ0n) is 11.1. The first-order valence-electron chi connectivity index (χ1n) is 6.55. The molecule has 6 heteroatoms. The number of halogens is 1. The second kappa shape index (κ2) is 5.61. The Bertz CT molecular complexity index is 690. The molecular formula is C15H13ClN2O3. The van der Waals surface area contributed by atoms with Crippen LogP contribution in [0.3, 0.4) is 0 Å². The van der Waals surface area contributed by atoms with Crippen LogP contribution in [0.1, 0.15) is 16.8 Å². The average molecular weight is 305 g/mol. The molecule has 0 aliphatic carbocycles. The molecule has 5 nitrogen and oxygen atoms in total. The first kappa shape index (κ1) is 13.7. The number of fused-ring (bicyclic) bond motifs is 1. The van der Waals surface area contributed by atoms with Crippen LogP contribution < -0.4 is 9.64 Å². The number of nitrogens with zero attached hydrogens (tertiary/aromatic N) is 2. The van der Waals surface area contributed by atoms with Gasteiger partial charge in [-0.3, -0.25) is 0 Å². The van der Waals surface area contributed by atoms with Crippen molar-refractivity contribution in [2.75, 3.05) is 18.1 Å². The highest BCUT2D eigenvalue weighted by Gasteiger charge is 2.21. The molecule has 0 atom stereocenters. The number of rotatable bonds is 2. The lowest BCUT2D eigenvalue weighted by molar-refractivity contribution is 0.0696. The van der Waals surface area contributed by atoms with Crippen LogP contribution in [0.5, 0.6) is 5.75 Å². The van der Waals surface area contributed by atoms with E-state index in [0.717, 1.165) is 17.9 Å². The Kier molecular flexibility index (Phi) is 3.66. The van der Waals surface area contributed by atoms with Crippen molar-refractivity contribution in [2.24, 2.45) is 0 Å². The Hall–Kier alpha value is -2.27. The molecule has 0 radical (unpaired) electrons. The number of aromatic carboxylic acids is 1. The summed E-state index contributed by atoms with van der Waals surface area (Å²) < 4.78 is 5.70. The molecule has 2 heterocycles. The molecule has 3 rings (SSSR count). The van der Waals surface area contributed by atoms with Gasteiger partial charge in [0.25, 0.3) is 0 Å². The van der Waals surface area contributed by atoms with E-state index in [-0.39, 0.29) is 5.56 Å². The van der Waals surface area contributed by atoms with E-state index >= 15 is 0 Å². The lowest BCUT2D eigenvalue weighted by Gasteiger charge is -2.23. The third-order valence-electron chi connectivity index (χ3n) is 3.26. The van der Waals surface area contributed by atoms with Crippen LogP contribution in [0.4, 0.5) is 11.5 Å². The number of benzene rings is 1. The van der Waals surface area contributed by atoms with Gasteiger partial charge in [0.15, 0.2) is 5.82 Å². The van der Waals surface area contributed by atoms with Gasteiger partial charge in [-0.15, -0.1) is 0 Å². The van der Waals surface area contributed by atoms with Gasteiger partial charge in [-0.05, 0) is 24.6 Å². The second-order valence-electron chi connectivity index (χ2n) is 4.66. The average Bonchev–Trinajstić information content (AvgIpc) is 2.69. The summed E-state index contributed by atoms with van der Waals surface area (Å²) in [4.78, 5) is 17.1. The van der Waals surface area contributed by atoms with E-state index in [1.807, 2.05) is 29.2 Å². The molecule has 0 unspecified atom stereocenters. The minimum absolute atomic E-state index is 0.0723. The quantitative estimate of drug-likeness (QED) is 0.922. The number of aromatic nitrogens is 1. The number of para-hydroxylation sites is 2. The minimum Gasteiger partial charge on any atom is -0.491 e. The van der Waals surface area contributed by atoms with Crippen molar-refractivity contribution in [2.45, 2.75) is 6.42 Å². The molecule has 0 bridgehead atoms. The van der Waals surface area contributed by atoms with Crippen molar-refractivity contribution >= 4 is 29.1 Å². The van der Waals surface area contributed by atoms with Crippen LogP contribution in [0.2, 0.25) is 5.02 Å². The lowest BCUT2D eigenvalue weighted by atomic mass is 10.2. The fourth-order valence-electron chi connectivity index (χ4n) is 2.29. The van der Waals surface area contributed by atoms with Gasteiger partial charge in [0.1, 0.15) is 5.75 Å². The fraction of sp³-hybridized carbons (Fsp3) is 0.200. The minimum atomic E-state index is -1.05. The third kappa shape index (κ3) is 2.64. The van der Waals surface area contributed by atoms with Gasteiger partial charge in [-0.2, -0.15) is 0 Å². The van der Waals surface area contributed by atoms with E-state index in [0.29, 0.717) is 24.0 Å². The van der Waals surface area contributed by atoms with Gasteiger partial charge >= 0.3 is 5.97 Å². The summed E-state index contributed by atoms with van der Waals surface area (Å²) in [5.41, 5.74) is 0.954. The van der Waals surface area contributed by atoms with Crippen molar-refractivity contribution in [3.05, 3.63) is 47.1 Å². The maximum atomic E-state index is 11.0. The standard InChI is InChI=1S/C15H13ClN2O3/c16-11-8-10(15(19)20)9-17-14(11)18-6-3-7-21-13-5-2-1-4-12(13)18/h1-2,4-5,8-9H,3,6-7H2,(H,19,20). The molecule has 1 N–H and O–H groups in total. The molecule has 0 spiro atoms. The van der Waals surface area contributed by atoms with Crippen molar-refractivity contribution < 1.29 is 14.6 Å². The molecule has 1 aromatic heterocycles. The summed E-state index contributed by atoms with van der Waals surface area (Å²) >= 11 is 6.22. The second-order valence-corrected chi connectivity index (χ2v) is 5.06. The Labute approximate surface area is 126 Å². The van der Waals surface area contributed by atoms with Crippen LogP contribution in [0.15, 0.2) is 36.5 Å². The van der Waals surface area contributed by atoms with Crippen LogP contribution in [-0.2, 0) is 0 Å². The Morgan fingerprint density at radius 3 is 2.95 bits per heavy atom. The molecule has 1 aromatic carbocycles. The van der Waals surface area contributed by atoms with Gasteiger partial charge in [0.2, 0.25) is 0 Å². The largest absolute Gasteiger partial charge is 0.491 e. The molecular weight excluding hydrogens is 292 g/mol. The third-order valence-corrected chi connectivity index (χ3v) is 3.54. The first-order chi connectivity index (χ1) is 10.2. The van der Waals surface area contributed by atoms with Crippen LogP contribution in [-0.4, -0.2) is 29.2 Å². The smallest absolute Gasteiger partial charge is 0.337 e. The zero-order valence-corrected chi connectivity index (χ0v) is 11.9. The van der Waals surface area contributed by atoms with Gasteiger partial charge in [-0.25, -0.2) is 9.78 Å². The van der Waals surface area contributed by atoms with E-state index in [1.165, 1.54) is 12.3 Å². The van der Waals surface area contributed by atoms with Gasteiger partial charge < -0.3 is 14.7 Å². The van der Waals surface area contributed by atoms with E-state index in [2.05, 4.69) is 4.98 Å². The monoisotopic (exact) mass is 304 g/mol. The maximum Gasteiger partial charge on any atom is 0.337 e. The van der Waals surface area contributed by atoms with Crippen molar-refractivity contribution in [1.82, 2.24) is 4.98 Å². The van der Waals surface area contributed by atoms with Crippen LogP contribution in [0.25, 0.3) is 0 Å². The van der Waals surface area contributed by atoms with Crippen molar-refractivity contribution in [1.29, 1.82) is 0 Å². The summed E-state index contributed by atoms with van der Waals surface area (Å²) in [6, 6.07) is 9.07. The molecule has 2 aromatic rings. The molecule has 0 fully saturated rings. The van der Waals surface area contributed by atoms with Gasteiger partial charge in [-0.1, -0.05) is 23.7 Å². The highest BCUT2D eigenvalue weighted by molar-refractivity contribution is 6.33. The molecule has 1 aliphatic heterocycles. The predicted octanol–water partition coefficient (Wildman–Crippen LogP) is 3.35. The zero-order chi connectivity index (χ0) is 14.8. The van der Waals surface area contributed by atoms with Crippen LogP contribution in [0, 0.1) is 0 Å². The topological polar surface area (TPSA) is 62.7 Å². The number of carbonyl (C=O) groups is 1. The number of pyridine rings is 1. The van der Waals surface area contributed by atoms with E-state index in [4.69, 9.17) is 21.4 Å². The van der Waals surface area contributed by atoms with Crippen molar-refractivity contribution in [3.63, 3.8) is 0 Å². The summed E-state index contributed by atoms with van der Waals surface area (Å²) in [5.74, 6) is 0.269. The van der Waals surface area contributed by atoms with E-state index in [9.17, 15) is 4.79 Å². The highest BCUT2D eigenvalue weighted by atomic mass is 35.5. The maximum absolute atomic E-state index is 11.0. The summed E-state index contributed by atoms with van der Waals surface area (Å²) in [6.07, 6.45) is 2.14. The number of anilines is 2. The Morgan fingerprint density at radius 1 is 1.38 bits per heavy atom. The van der Waals surface area contributed by atoms with E-state index < -0.39 is 5.97 Å². The number of hydrogen-bond donors (Lipinski definition) is 1. The number of ether oxygens (including phenoxy) is 1. The molecule has 108 valence electrons. The molecule has 21 heavy (non-hydrogen) atoms. The van der Waals surface area contributed by atoms with Crippen LogP contribution >= 0.6 is 11.6 Å². The summed E-state index contributed by atoms with van der Waals surface area (Å²) in [5, 5.41) is 9.29. The Morgan fingerprint density at radius 2 is 2.19 bits per heavy atom. The van der Waals surface area contributed by atoms with E-state index in [1.54, 1.807) is 0 Å². The Balaban J connectivity index is 2.06. The molecule has 0 saturated heterocycles. The lowest BCUT2D eigenvalue weighted by Crippen LogP contribution is -2.19. The number of carboxylic acids is 1. The first-order valence-corrected chi connectivity index (χ1v) is 6.93. The number of hydrogen-bond acceptors (Lipinski definition) is 4. The normalized spacial score (nSPS) is 14.0. The molecule has 0 saturated carbocycles. The SMILES string of the molecule is O=C(O)c1cnc(N2CCCOc3ccccc32)c(Cl)c1. The van der Waals surface area contributed by atoms with Crippen molar-refractivity contribution in [3.8, 4) is 5.75 Å². The summed E-state index contributed by atoms with van der Waals surface area (Å²) in [6.45, 7) is 1.33. The summed E-state index contributed by atoms with van der Waals surface area (Å²) in [7, 11) is 0. The fourth-order valence-corrected chi connectivity index (χ4v) is 2.56. The molecule has 1 aliphatic rings. The molecule has 0 amide bonds. The van der Waals surface area contributed by atoms with Gasteiger partial charge in [0.05, 0.1) is 22.9 Å². The number of carboxylic acid groups (broad SMARTS) is 1. The highest BCUT2D eigenvalue weighted by Crippen LogP contribution is 2.37.